The van der Waals surface area contributed by atoms with Gasteiger partial charge >= 0.3 is 0 Å². The van der Waals surface area contributed by atoms with Gasteiger partial charge in [-0.05, 0) is 84.1 Å². The molecule has 2 heterocycles. The zero-order chi connectivity index (χ0) is 26.0. The Morgan fingerprint density at radius 3 is 2.53 bits per heavy atom. The van der Waals surface area contributed by atoms with Crippen LogP contribution in [0.25, 0.3) is 11.4 Å². The summed E-state index contributed by atoms with van der Waals surface area (Å²) in [6.45, 7) is 8.26. The molecule has 190 valence electrons. The highest BCUT2D eigenvalue weighted by atomic mass is 79.9. The Balaban J connectivity index is 1.53. The number of hydrogen-bond donors (Lipinski definition) is 2. The third-order valence-corrected chi connectivity index (χ3v) is 8.99. The number of allylic oxidation sites excluding steroid dienone is 2. The van der Waals surface area contributed by atoms with Crippen molar-refractivity contribution < 1.29 is 17.9 Å². The molecule has 0 aliphatic carbocycles. The van der Waals surface area contributed by atoms with Crippen molar-refractivity contribution in [1.29, 1.82) is 0 Å². The molecule has 0 atom stereocenters. The van der Waals surface area contributed by atoms with Crippen molar-refractivity contribution in [2.24, 2.45) is 0 Å². The topological polar surface area (TPSA) is 87.5 Å². The predicted octanol–water partition coefficient (Wildman–Crippen LogP) is 5.06. The lowest BCUT2D eigenvalue weighted by Crippen LogP contribution is -2.45. The highest BCUT2D eigenvalue weighted by molar-refractivity contribution is 9.10. The number of halogens is 2. The molecule has 4 rings (SSSR count). The molecular formula is C26H28BrFN4O3S. The normalized spacial score (nSPS) is 15.7. The van der Waals surface area contributed by atoms with Crippen LogP contribution in [0.15, 0.2) is 70.7 Å². The Morgan fingerprint density at radius 2 is 1.92 bits per heavy atom. The van der Waals surface area contributed by atoms with Crippen molar-refractivity contribution in [2.45, 2.75) is 37.6 Å². The predicted molar refractivity (Wildman–Crippen MR) is 142 cm³/mol. The van der Waals surface area contributed by atoms with Gasteiger partial charge in [0.05, 0.1) is 21.3 Å². The first-order chi connectivity index (χ1) is 17.1. The molecule has 0 amide bonds. The van der Waals surface area contributed by atoms with E-state index in [1.807, 2.05) is 19.1 Å². The van der Waals surface area contributed by atoms with Gasteiger partial charge in [-0.2, -0.15) is 9.40 Å². The standard InChI is InChI=1S/C26H28BrFN4O3S/c1-17(22-6-4-5-7-25(22)33)15-26(32-19(3)23(27)16-29-32)30-20-10-12-31(13-11-20)36(34,35)21-8-9-24(28)18(2)14-21/h4-9,14-16,20,30,33H,1,10-13H2,2-3H3/b26-15-. The number of phenolic OH excluding ortho intramolecular Hbond substituents is 1. The van der Waals surface area contributed by atoms with Gasteiger partial charge in [-0.1, -0.05) is 24.8 Å². The molecule has 0 spiro atoms. The maximum Gasteiger partial charge on any atom is 0.243 e. The van der Waals surface area contributed by atoms with Crippen molar-refractivity contribution in [1.82, 2.24) is 19.4 Å². The lowest BCUT2D eigenvalue weighted by Gasteiger charge is -2.33. The first-order valence-corrected chi connectivity index (χ1v) is 13.7. The number of piperidine rings is 1. The second-order valence-corrected chi connectivity index (χ2v) is 11.6. The fraction of sp³-hybridized carbons (Fsp3) is 0.269. The van der Waals surface area contributed by atoms with E-state index < -0.39 is 15.8 Å². The summed E-state index contributed by atoms with van der Waals surface area (Å²) in [5.74, 6) is 0.370. The molecular weight excluding hydrogens is 547 g/mol. The van der Waals surface area contributed by atoms with Crippen LogP contribution in [-0.4, -0.2) is 46.7 Å². The molecule has 0 radical (unpaired) electrons. The van der Waals surface area contributed by atoms with Crippen LogP contribution in [-0.2, 0) is 10.0 Å². The van der Waals surface area contributed by atoms with E-state index in [2.05, 4.69) is 32.9 Å². The van der Waals surface area contributed by atoms with Crippen molar-refractivity contribution in [3.8, 4) is 5.75 Å². The zero-order valence-electron chi connectivity index (χ0n) is 20.1. The fourth-order valence-electron chi connectivity index (χ4n) is 4.16. The molecule has 36 heavy (non-hydrogen) atoms. The molecule has 1 fully saturated rings. The molecule has 7 nitrogen and oxygen atoms in total. The quantitative estimate of drug-likeness (QED) is 0.385. The van der Waals surface area contributed by atoms with Crippen LogP contribution in [0.3, 0.4) is 0 Å². The lowest BCUT2D eigenvalue weighted by atomic mass is 10.0. The summed E-state index contributed by atoms with van der Waals surface area (Å²) in [5.41, 5.74) is 2.39. The number of aromatic nitrogens is 2. The van der Waals surface area contributed by atoms with Crippen LogP contribution in [0, 0.1) is 19.7 Å². The van der Waals surface area contributed by atoms with Crippen molar-refractivity contribution >= 4 is 37.3 Å². The number of aromatic hydroxyl groups is 1. The van der Waals surface area contributed by atoms with Gasteiger partial charge in [0.1, 0.15) is 17.4 Å². The van der Waals surface area contributed by atoms with Crippen LogP contribution in [0.2, 0.25) is 0 Å². The van der Waals surface area contributed by atoms with Crippen LogP contribution in [0.4, 0.5) is 4.39 Å². The molecule has 0 bridgehead atoms. The van der Waals surface area contributed by atoms with Gasteiger partial charge in [-0.25, -0.2) is 17.5 Å². The summed E-state index contributed by atoms with van der Waals surface area (Å²) in [6, 6.07) is 10.8. The zero-order valence-corrected chi connectivity index (χ0v) is 22.5. The summed E-state index contributed by atoms with van der Waals surface area (Å²) in [6.07, 6.45) is 4.67. The molecule has 1 saturated heterocycles. The Hall–Kier alpha value is -2.95. The van der Waals surface area contributed by atoms with E-state index in [0.29, 0.717) is 48.5 Å². The van der Waals surface area contributed by atoms with Crippen LogP contribution in [0.1, 0.15) is 29.7 Å². The monoisotopic (exact) mass is 574 g/mol. The first-order valence-electron chi connectivity index (χ1n) is 11.5. The number of hydrogen-bond acceptors (Lipinski definition) is 5. The van der Waals surface area contributed by atoms with E-state index in [9.17, 15) is 17.9 Å². The van der Waals surface area contributed by atoms with Crippen molar-refractivity contribution in [3.63, 3.8) is 0 Å². The molecule has 1 aliphatic rings. The third-order valence-electron chi connectivity index (χ3n) is 6.31. The molecule has 2 N–H and O–H groups in total. The number of benzene rings is 2. The molecule has 0 saturated carbocycles. The molecule has 0 unspecified atom stereocenters. The van der Waals surface area contributed by atoms with Crippen LogP contribution < -0.4 is 5.32 Å². The minimum absolute atomic E-state index is 0.0165. The van der Waals surface area contributed by atoms with Crippen molar-refractivity contribution in [3.05, 3.63) is 88.4 Å². The first kappa shape index (κ1) is 26.1. The summed E-state index contributed by atoms with van der Waals surface area (Å²) in [5, 5.41) is 18.2. The van der Waals surface area contributed by atoms with Crippen LogP contribution >= 0.6 is 15.9 Å². The highest BCUT2D eigenvalue weighted by Crippen LogP contribution is 2.28. The molecule has 10 heteroatoms. The maximum atomic E-state index is 13.6. The largest absolute Gasteiger partial charge is 0.507 e. The van der Waals surface area contributed by atoms with E-state index in [1.54, 1.807) is 36.0 Å². The Labute approximate surface area is 219 Å². The number of aryl methyl sites for hydroxylation is 1. The second-order valence-electron chi connectivity index (χ2n) is 8.80. The average molecular weight is 576 g/mol. The van der Waals surface area contributed by atoms with Gasteiger partial charge in [0.15, 0.2) is 0 Å². The Bertz CT molecular complexity index is 1430. The lowest BCUT2D eigenvalue weighted by molar-refractivity contribution is 0.303. The van der Waals surface area contributed by atoms with Crippen molar-refractivity contribution in [2.75, 3.05) is 13.1 Å². The number of nitrogens with zero attached hydrogens (tertiary/aromatic N) is 3. The average Bonchev–Trinajstić information content (AvgIpc) is 3.19. The second kappa shape index (κ2) is 10.6. The van der Waals surface area contributed by atoms with E-state index in [-0.39, 0.29) is 16.7 Å². The SMILES string of the molecule is C=C(/C=C(/NC1CCN(S(=O)(=O)c2ccc(F)c(C)c2)CC1)n1ncc(Br)c1C)c1ccccc1O. The van der Waals surface area contributed by atoms with E-state index in [1.165, 1.54) is 22.5 Å². The Kier molecular flexibility index (Phi) is 7.67. The van der Waals surface area contributed by atoms with Gasteiger partial charge in [0.25, 0.3) is 0 Å². The van der Waals surface area contributed by atoms with Gasteiger partial charge < -0.3 is 10.4 Å². The number of para-hydroxylation sites is 1. The van der Waals surface area contributed by atoms with Gasteiger partial charge in [-0.3, -0.25) is 0 Å². The summed E-state index contributed by atoms with van der Waals surface area (Å²) in [7, 11) is -3.71. The van der Waals surface area contributed by atoms with Gasteiger partial charge in [-0.15, -0.1) is 0 Å². The van der Waals surface area contributed by atoms with Gasteiger partial charge in [0.2, 0.25) is 10.0 Å². The van der Waals surface area contributed by atoms with Crippen LogP contribution in [0.5, 0.6) is 5.75 Å². The summed E-state index contributed by atoms with van der Waals surface area (Å²) >= 11 is 3.50. The third kappa shape index (κ3) is 5.40. The molecule has 3 aromatic rings. The number of phenols is 1. The number of rotatable bonds is 7. The summed E-state index contributed by atoms with van der Waals surface area (Å²) < 4.78 is 43.9. The van der Waals surface area contributed by atoms with Gasteiger partial charge in [0, 0.05) is 24.7 Å². The molecule has 2 aromatic carbocycles. The minimum Gasteiger partial charge on any atom is -0.507 e. The molecule has 1 aliphatic heterocycles. The summed E-state index contributed by atoms with van der Waals surface area (Å²) in [4.78, 5) is 0.101. The smallest absolute Gasteiger partial charge is 0.243 e. The Morgan fingerprint density at radius 1 is 1.22 bits per heavy atom. The fourth-order valence-corrected chi connectivity index (χ4v) is 5.98. The number of sulfonamides is 1. The molecule has 1 aromatic heterocycles. The minimum atomic E-state index is -3.71. The van der Waals surface area contributed by atoms with E-state index in [4.69, 9.17) is 0 Å². The maximum absolute atomic E-state index is 13.6. The highest BCUT2D eigenvalue weighted by Gasteiger charge is 2.30. The van der Waals surface area contributed by atoms with E-state index in [0.717, 1.165) is 10.2 Å². The number of nitrogens with one attached hydrogen (secondary N) is 1. The van der Waals surface area contributed by atoms with E-state index >= 15 is 0 Å².